The van der Waals surface area contributed by atoms with Crippen molar-refractivity contribution in [2.24, 2.45) is 0 Å². The second-order valence-corrected chi connectivity index (χ2v) is 4.83. The number of benzene rings is 1. The third kappa shape index (κ3) is 6.78. The third-order valence-corrected chi connectivity index (χ3v) is 2.02. The number of carbonyl (C=O) groups excluding carboxylic acids is 2. The predicted molar refractivity (Wildman–Crippen MR) is 69.5 cm³/mol. The molecule has 0 unspecified atom stereocenters. The molecule has 0 radical (unpaired) electrons. The molecule has 1 aromatic rings. The van der Waals surface area contributed by atoms with Gasteiger partial charge in [-0.1, -0.05) is 30.3 Å². The Morgan fingerprint density at radius 3 is 2.20 bits per heavy atom. The zero-order chi connectivity index (χ0) is 14.5. The SMILES string of the molecule is CC(C)(C)OC(=O)C(=CC(=O)c1ccccc1)OO.[H-].[K+]. The molecule has 20 heavy (non-hydrogen) atoms. The molecule has 0 aliphatic carbocycles. The van der Waals surface area contributed by atoms with Crippen molar-refractivity contribution in [3.63, 3.8) is 0 Å². The topological polar surface area (TPSA) is 72.8 Å². The molecular formula is C14H17KO5. The zero-order valence-corrected chi connectivity index (χ0v) is 15.2. The summed E-state index contributed by atoms with van der Waals surface area (Å²) in [7, 11) is 0. The molecule has 0 heterocycles. The van der Waals surface area contributed by atoms with Gasteiger partial charge < -0.3 is 11.1 Å². The average molecular weight is 304 g/mol. The Labute approximate surface area is 161 Å². The first-order valence-corrected chi connectivity index (χ1v) is 5.69. The van der Waals surface area contributed by atoms with Crippen LogP contribution in [0.15, 0.2) is 42.2 Å². The van der Waals surface area contributed by atoms with E-state index in [1.54, 1.807) is 51.1 Å². The number of rotatable bonds is 4. The molecule has 6 heteroatoms. The second-order valence-electron chi connectivity index (χ2n) is 4.83. The molecule has 5 nitrogen and oxygen atoms in total. The second kappa shape index (κ2) is 8.71. The van der Waals surface area contributed by atoms with Gasteiger partial charge in [0.15, 0.2) is 5.78 Å². The molecule has 0 saturated carbocycles. The quantitative estimate of drug-likeness (QED) is 0.157. The molecule has 0 aromatic heterocycles. The smallest absolute Gasteiger partial charge is 1.00 e. The van der Waals surface area contributed by atoms with Gasteiger partial charge in [0.2, 0.25) is 0 Å². The van der Waals surface area contributed by atoms with E-state index in [1.807, 2.05) is 0 Å². The maximum Gasteiger partial charge on any atom is 1.00 e. The Morgan fingerprint density at radius 2 is 1.75 bits per heavy atom. The van der Waals surface area contributed by atoms with Crippen molar-refractivity contribution < 1.29 is 77.3 Å². The van der Waals surface area contributed by atoms with Gasteiger partial charge in [-0.2, -0.15) is 0 Å². The minimum absolute atomic E-state index is 0. The van der Waals surface area contributed by atoms with Gasteiger partial charge in [0, 0.05) is 11.6 Å². The number of esters is 1. The van der Waals surface area contributed by atoms with E-state index in [0.29, 0.717) is 5.56 Å². The molecule has 0 aliphatic heterocycles. The van der Waals surface area contributed by atoms with Crippen molar-refractivity contribution in [3.05, 3.63) is 47.7 Å². The number of ether oxygens (including phenoxy) is 1. The minimum Gasteiger partial charge on any atom is -1.00 e. The number of hydrogen-bond donors (Lipinski definition) is 1. The van der Waals surface area contributed by atoms with Crippen LogP contribution in [0.2, 0.25) is 0 Å². The summed E-state index contributed by atoms with van der Waals surface area (Å²) >= 11 is 0. The van der Waals surface area contributed by atoms with E-state index in [9.17, 15) is 9.59 Å². The first-order chi connectivity index (χ1) is 8.83. The Hall–Kier alpha value is -0.504. The van der Waals surface area contributed by atoms with Gasteiger partial charge in [-0.15, -0.1) is 0 Å². The predicted octanol–water partition coefficient (Wildman–Crippen LogP) is -0.299. The van der Waals surface area contributed by atoms with E-state index in [-0.39, 0.29) is 52.8 Å². The maximum absolute atomic E-state index is 11.8. The average Bonchev–Trinajstić information content (AvgIpc) is 2.34. The van der Waals surface area contributed by atoms with E-state index in [0.717, 1.165) is 6.08 Å². The first-order valence-electron chi connectivity index (χ1n) is 5.69. The largest absolute Gasteiger partial charge is 1.00 e. The molecule has 0 spiro atoms. The van der Waals surface area contributed by atoms with E-state index >= 15 is 0 Å². The van der Waals surface area contributed by atoms with E-state index in [1.165, 1.54) is 0 Å². The molecular weight excluding hydrogens is 287 g/mol. The van der Waals surface area contributed by atoms with Gasteiger partial charge in [-0.05, 0) is 20.8 Å². The van der Waals surface area contributed by atoms with Crippen molar-refractivity contribution in [3.8, 4) is 0 Å². The van der Waals surface area contributed by atoms with Crippen LogP contribution in [0.5, 0.6) is 0 Å². The summed E-state index contributed by atoms with van der Waals surface area (Å²) in [6, 6.07) is 8.31. The van der Waals surface area contributed by atoms with Crippen molar-refractivity contribution in [2.45, 2.75) is 26.4 Å². The van der Waals surface area contributed by atoms with Gasteiger partial charge >= 0.3 is 57.4 Å². The molecule has 0 bridgehead atoms. The summed E-state index contributed by atoms with van der Waals surface area (Å²) < 4.78 is 4.98. The number of ketones is 1. The van der Waals surface area contributed by atoms with Crippen molar-refractivity contribution in [2.75, 3.05) is 0 Å². The van der Waals surface area contributed by atoms with Crippen LogP contribution < -0.4 is 51.4 Å². The molecule has 0 aliphatic rings. The minimum atomic E-state index is -0.903. The standard InChI is InChI=1S/C14H16O5.K.H/c1-14(2,3)18-13(16)12(19-17)9-11(15)10-7-5-4-6-8-10;;/h4-9,17H,1-3H3;;/q;+1;-1. The van der Waals surface area contributed by atoms with E-state index < -0.39 is 23.1 Å². The molecule has 1 aromatic carbocycles. The molecule has 1 N–H and O–H groups in total. The summed E-state index contributed by atoms with van der Waals surface area (Å²) in [5, 5.41) is 8.67. The van der Waals surface area contributed by atoms with Crippen LogP contribution in [0, 0.1) is 0 Å². The summed E-state index contributed by atoms with van der Waals surface area (Å²) in [5.74, 6) is -1.92. The van der Waals surface area contributed by atoms with Crippen LogP contribution in [0.3, 0.4) is 0 Å². The summed E-state index contributed by atoms with van der Waals surface area (Å²) in [5.41, 5.74) is -0.370. The Kier molecular flexibility index (Phi) is 8.49. The van der Waals surface area contributed by atoms with Gasteiger partial charge in [0.25, 0.3) is 5.76 Å². The summed E-state index contributed by atoms with van der Waals surface area (Å²) in [4.78, 5) is 27.4. The molecule has 1 rings (SSSR count). The van der Waals surface area contributed by atoms with Gasteiger partial charge in [-0.25, -0.2) is 10.1 Å². The molecule has 0 atom stereocenters. The van der Waals surface area contributed by atoms with Crippen LogP contribution >= 0.6 is 0 Å². The van der Waals surface area contributed by atoms with E-state index in [4.69, 9.17) is 9.99 Å². The van der Waals surface area contributed by atoms with E-state index in [2.05, 4.69) is 4.89 Å². The molecule has 0 amide bonds. The van der Waals surface area contributed by atoms with Crippen molar-refractivity contribution >= 4 is 11.8 Å². The number of hydrogen-bond acceptors (Lipinski definition) is 5. The fraction of sp³-hybridized carbons (Fsp3) is 0.286. The van der Waals surface area contributed by atoms with Crippen LogP contribution in [-0.2, 0) is 14.4 Å². The van der Waals surface area contributed by atoms with Crippen molar-refractivity contribution in [1.82, 2.24) is 0 Å². The third-order valence-electron chi connectivity index (χ3n) is 2.02. The van der Waals surface area contributed by atoms with Crippen LogP contribution in [0.1, 0.15) is 32.6 Å². The summed E-state index contributed by atoms with van der Waals surface area (Å²) in [6.45, 7) is 5.00. The Balaban J connectivity index is 0. The normalized spacial score (nSPS) is 11.3. The number of carbonyl (C=O) groups is 2. The Bertz CT molecular complexity index is 494. The van der Waals surface area contributed by atoms with Crippen LogP contribution in [0.25, 0.3) is 0 Å². The van der Waals surface area contributed by atoms with Crippen LogP contribution in [-0.4, -0.2) is 22.6 Å². The first kappa shape index (κ1) is 19.5. The number of allylic oxidation sites excluding steroid dienone is 1. The van der Waals surface area contributed by atoms with Gasteiger partial charge in [0.1, 0.15) is 5.60 Å². The Morgan fingerprint density at radius 1 is 1.20 bits per heavy atom. The van der Waals surface area contributed by atoms with Crippen LogP contribution in [0.4, 0.5) is 0 Å². The monoisotopic (exact) mass is 304 g/mol. The molecule has 0 saturated heterocycles. The molecule has 0 fully saturated rings. The fourth-order valence-corrected chi connectivity index (χ4v) is 1.26. The van der Waals surface area contributed by atoms with Crippen molar-refractivity contribution in [1.29, 1.82) is 0 Å². The molecule has 104 valence electrons. The summed E-state index contributed by atoms with van der Waals surface area (Å²) in [6.07, 6.45) is 0.892. The maximum atomic E-state index is 11.8. The van der Waals surface area contributed by atoms with Gasteiger partial charge in [-0.3, -0.25) is 4.79 Å². The fourth-order valence-electron chi connectivity index (χ4n) is 1.26. The zero-order valence-electron chi connectivity index (χ0n) is 13.0. The van der Waals surface area contributed by atoms with Gasteiger partial charge in [0.05, 0.1) is 0 Å².